The Balaban J connectivity index is 2.71. The van der Waals surface area contributed by atoms with Gasteiger partial charge in [-0.3, -0.25) is 0 Å². The van der Waals surface area contributed by atoms with Crippen LogP contribution < -0.4 is 0 Å². The van der Waals surface area contributed by atoms with E-state index in [9.17, 15) is 5.11 Å². The van der Waals surface area contributed by atoms with E-state index in [1.165, 1.54) is 0 Å². The second-order valence-electron chi connectivity index (χ2n) is 3.26. The normalized spacial score (nSPS) is 41.9. The number of hydrogen-bond donors (Lipinski definition) is 1. The molecule has 0 spiro atoms. The lowest BCUT2D eigenvalue weighted by Gasteiger charge is -2.34. The molecule has 0 amide bonds. The fraction of sp³-hybridized carbons (Fsp3) is 1.00. The fourth-order valence-electron chi connectivity index (χ4n) is 1.32. The summed E-state index contributed by atoms with van der Waals surface area (Å²) in [5, 5.41) is 12.8. The number of azide groups is 1. The van der Waals surface area contributed by atoms with E-state index in [4.69, 9.17) is 10.3 Å². The summed E-state index contributed by atoms with van der Waals surface area (Å²) in [6.45, 7) is 4.49. The summed E-state index contributed by atoms with van der Waals surface area (Å²) in [5.74, 6) is 0.494. The molecule has 68 valence electrons. The van der Waals surface area contributed by atoms with Crippen molar-refractivity contribution >= 4 is 0 Å². The van der Waals surface area contributed by atoms with Crippen LogP contribution in [0.1, 0.15) is 13.8 Å². The molecule has 0 aromatic carbocycles. The minimum atomic E-state index is -0.938. The van der Waals surface area contributed by atoms with E-state index in [0.29, 0.717) is 12.5 Å². The van der Waals surface area contributed by atoms with Gasteiger partial charge in [-0.25, -0.2) is 0 Å². The van der Waals surface area contributed by atoms with Crippen LogP contribution in [-0.2, 0) is 4.74 Å². The molecule has 0 radical (unpaired) electrons. The molecule has 0 bridgehead atoms. The Bertz CT molecular complexity index is 203. The lowest BCUT2D eigenvalue weighted by Crippen LogP contribution is -2.42. The Labute approximate surface area is 71.0 Å². The highest BCUT2D eigenvalue weighted by Crippen LogP contribution is 2.26. The topological polar surface area (TPSA) is 78.2 Å². The molecule has 1 saturated heterocycles. The number of aliphatic hydroxyl groups excluding tert-OH is 1. The van der Waals surface area contributed by atoms with Gasteiger partial charge in [0.15, 0.2) is 6.29 Å². The molecule has 1 aliphatic rings. The summed E-state index contributed by atoms with van der Waals surface area (Å²) in [6.07, 6.45) is -0.938. The number of hydrogen-bond acceptors (Lipinski definition) is 3. The maximum Gasteiger partial charge on any atom is 0.163 e. The maximum atomic E-state index is 9.30. The molecule has 5 heteroatoms. The van der Waals surface area contributed by atoms with E-state index >= 15 is 0 Å². The summed E-state index contributed by atoms with van der Waals surface area (Å²) < 4.78 is 5.02. The molecule has 1 N–H and O–H groups in total. The molecular formula is C7H13N3O2. The van der Waals surface area contributed by atoms with Gasteiger partial charge in [-0.05, 0) is 17.4 Å². The van der Waals surface area contributed by atoms with Gasteiger partial charge >= 0.3 is 0 Å². The lowest BCUT2D eigenvalue weighted by atomic mass is 9.87. The van der Waals surface area contributed by atoms with Gasteiger partial charge in [-0.1, -0.05) is 19.0 Å². The Morgan fingerprint density at radius 3 is 2.83 bits per heavy atom. The summed E-state index contributed by atoms with van der Waals surface area (Å²) >= 11 is 0. The average Bonchev–Trinajstić information content (AvgIpc) is 2.06. The number of nitrogens with zero attached hydrogens (tertiary/aromatic N) is 3. The van der Waals surface area contributed by atoms with Crippen LogP contribution in [0.2, 0.25) is 0 Å². The van der Waals surface area contributed by atoms with E-state index in [2.05, 4.69) is 10.0 Å². The molecular weight excluding hydrogens is 158 g/mol. The van der Waals surface area contributed by atoms with Gasteiger partial charge in [0.2, 0.25) is 0 Å². The predicted octanol–water partition coefficient (Wildman–Crippen LogP) is 1.29. The van der Waals surface area contributed by atoms with Crippen LogP contribution in [0.5, 0.6) is 0 Å². The second-order valence-corrected chi connectivity index (χ2v) is 3.26. The van der Waals surface area contributed by atoms with Crippen LogP contribution >= 0.6 is 0 Å². The van der Waals surface area contributed by atoms with Crippen molar-refractivity contribution in [2.24, 2.45) is 17.0 Å². The highest BCUT2D eigenvalue weighted by atomic mass is 16.6. The Morgan fingerprint density at radius 2 is 2.25 bits per heavy atom. The first-order valence-electron chi connectivity index (χ1n) is 4.00. The molecule has 0 aromatic rings. The first kappa shape index (κ1) is 9.32. The largest absolute Gasteiger partial charge is 0.368 e. The van der Waals surface area contributed by atoms with E-state index < -0.39 is 12.3 Å². The number of aliphatic hydroxyl groups is 1. The first-order valence-corrected chi connectivity index (χ1v) is 4.00. The molecule has 4 atom stereocenters. The Kier molecular flexibility index (Phi) is 2.92. The van der Waals surface area contributed by atoms with Gasteiger partial charge in [0, 0.05) is 4.91 Å². The SMILES string of the molecule is CC1COC(O)C(N=[N+]=[N-])C1C. The predicted molar refractivity (Wildman–Crippen MR) is 43.2 cm³/mol. The molecule has 0 aliphatic carbocycles. The van der Waals surface area contributed by atoms with Gasteiger partial charge in [-0.2, -0.15) is 0 Å². The molecule has 0 saturated carbocycles. The van der Waals surface area contributed by atoms with Crippen molar-refractivity contribution < 1.29 is 9.84 Å². The Hall–Kier alpha value is -0.770. The third-order valence-corrected chi connectivity index (χ3v) is 2.44. The van der Waals surface area contributed by atoms with Crippen molar-refractivity contribution in [3.8, 4) is 0 Å². The van der Waals surface area contributed by atoms with E-state index in [0.717, 1.165) is 0 Å². The zero-order chi connectivity index (χ0) is 9.14. The van der Waals surface area contributed by atoms with Crippen LogP contribution in [0.15, 0.2) is 5.11 Å². The van der Waals surface area contributed by atoms with E-state index in [1.807, 2.05) is 13.8 Å². The van der Waals surface area contributed by atoms with Crippen LogP contribution in [0.3, 0.4) is 0 Å². The molecule has 1 rings (SSSR count). The minimum Gasteiger partial charge on any atom is -0.368 e. The van der Waals surface area contributed by atoms with Gasteiger partial charge in [0.25, 0.3) is 0 Å². The van der Waals surface area contributed by atoms with Gasteiger partial charge < -0.3 is 9.84 Å². The number of rotatable bonds is 1. The van der Waals surface area contributed by atoms with Crippen molar-refractivity contribution in [1.29, 1.82) is 0 Å². The fourth-order valence-corrected chi connectivity index (χ4v) is 1.32. The molecule has 0 aromatic heterocycles. The van der Waals surface area contributed by atoms with Crippen molar-refractivity contribution in [1.82, 2.24) is 0 Å². The van der Waals surface area contributed by atoms with Gasteiger partial charge in [0.05, 0.1) is 12.6 Å². The van der Waals surface area contributed by atoms with Crippen molar-refractivity contribution in [3.63, 3.8) is 0 Å². The van der Waals surface area contributed by atoms with Crippen LogP contribution in [0, 0.1) is 11.8 Å². The van der Waals surface area contributed by atoms with E-state index in [-0.39, 0.29) is 5.92 Å². The number of ether oxygens (including phenoxy) is 1. The average molecular weight is 171 g/mol. The van der Waals surface area contributed by atoms with Crippen LogP contribution in [0.4, 0.5) is 0 Å². The van der Waals surface area contributed by atoms with Crippen LogP contribution in [-0.4, -0.2) is 24.0 Å². The minimum absolute atomic E-state index is 0.171. The zero-order valence-corrected chi connectivity index (χ0v) is 7.21. The van der Waals surface area contributed by atoms with Crippen molar-refractivity contribution in [3.05, 3.63) is 10.4 Å². The second kappa shape index (κ2) is 3.76. The monoisotopic (exact) mass is 171 g/mol. The third kappa shape index (κ3) is 1.69. The van der Waals surface area contributed by atoms with Crippen LogP contribution in [0.25, 0.3) is 10.4 Å². The molecule has 1 fully saturated rings. The molecule has 5 nitrogen and oxygen atoms in total. The zero-order valence-electron chi connectivity index (χ0n) is 7.21. The van der Waals surface area contributed by atoms with Crippen molar-refractivity contribution in [2.75, 3.05) is 6.61 Å². The summed E-state index contributed by atoms with van der Waals surface area (Å²) in [6, 6.07) is -0.446. The summed E-state index contributed by atoms with van der Waals surface area (Å²) in [7, 11) is 0. The smallest absolute Gasteiger partial charge is 0.163 e. The summed E-state index contributed by atoms with van der Waals surface area (Å²) in [5.41, 5.74) is 8.23. The summed E-state index contributed by atoms with van der Waals surface area (Å²) in [4.78, 5) is 2.68. The lowest BCUT2D eigenvalue weighted by molar-refractivity contribution is -0.165. The highest BCUT2D eigenvalue weighted by molar-refractivity contribution is 4.83. The molecule has 1 aliphatic heterocycles. The van der Waals surface area contributed by atoms with Gasteiger partial charge in [0.1, 0.15) is 0 Å². The third-order valence-electron chi connectivity index (χ3n) is 2.44. The molecule has 12 heavy (non-hydrogen) atoms. The molecule has 4 unspecified atom stereocenters. The van der Waals surface area contributed by atoms with Gasteiger partial charge in [-0.15, -0.1) is 0 Å². The maximum absolute atomic E-state index is 9.30. The Morgan fingerprint density at radius 1 is 1.58 bits per heavy atom. The van der Waals surface area contributed by atoms with Crippen molar-refractivity contribution in [2.45, 2.75) is 26.2 Å². The highest BCUT2D eigenvalue weighted by Gasteiger charge is 2.33. The quantitative estimate of drug-likeness (QED) is 0.366. The molecule has 1 heterocycles. The van der Waals surface area contributed by atoms with E-state index in [1.54, 1.807) is 0 Å². The first-order chi connectivity index (χ1) is 5.66. The standard InChI is InChI=1S/C7H13N3O2/c1-4-3-12-7(11)6(5(4)2)9-10-8/h4-7,11H,3H2,1-2H3.